The SMILES string of the molecule is COCCN(C)CCNc1ncnc2sc(C)c(C)c12. The first-order valence-electron chi connectivity index (χ1n) is 6.75. The molecule has 0 aliphatic carbocycles. The van der Waals surface area contributed by atoms with Gasteiger partial charge in [-0.1, -0.05) is 0 Å². The van der Waals surface area contributed by atoms with Gasteiger partial charge in [0.2, 0.25) is 0 Å². The normalized spacial score (nSPS) is 11.4. The minimum atomic E-state index is 0.761. The summed E-state index contributed by atoms with van der Waals surface area (Å²) in [6, 6.07) is 0. The summed E-state index contributed by atoms with van der Waals surface area (Å²) >= 11 is 1.73. The van der Waals surface area contributed by atoms with E-state index in [1.54, 1.807) is 24.8 Å². The van der Waals surface area contributed by atoms with E-state index < -0.39 is 0 Å². The van der Waals surface area contributed by atoms with E-state index in [-0.39, 0.29) is 0 Å². The number of aryl methyl sites for hydroxylation is 2. The minimum absolute atomic E-state index is 0.761. The van der Waals surface area contributed by atoms with E-state index >= 15 is 0 Å². The van der Waals surface area contributed by atoms with Crippen LogP contribution in [0.2, 0.25) is 0 Å². The molecule has 0 saturated carbocycles. The molecule has 2 heterocycles. The van der Waals surface area contributed by atoms with Crippen molar-refractivity contribution < 1.29 is 4.74 Å². The van der Waals surface area contributed by atoms with E-state index in [4.69, 9.17) is 4.74 Å². The molecule has 0 aliphatic heterocycles. The smallest absolute Gasteiger partial charge is 0.138 e. The number of hydrogen-bond acceptors (Lipinski definition) is 6. The number of likely N-dealkylation sites (N-methyl/N-ethyl adjacent to an activating group) is 1. The van der Waals surface area contributed by atoms with Crippen LogP contribution < -0.4 is 5.32 Å². The van der Waals surface area contributed by atoms with Crippen molar-refractivity contribution in [1.82, 2.24) is 14.9 Å². The molecular weight excluding hydrogens is 272 g/mol. The third-order valence-corrected chi connectivity index (χ3v) is 4.54. The zero-order valence-corrected chi connectivity index (χ0v) is 13.4. The Balaban J connectivity index is 2.00. The zero-order valence-electron chi connectivity index (χ0n) is 12.6. The van der Waals surface area contributed by atoms with Gasteiger partial charge in [0, 0.05) is 31.6 Å². The van der Waals surface area contributed by atoms with E-state index in [1.807, 2.05) is 0 Å². The van der Waals surface area contributed by atoms with E-state index in [0.717, 1.165) is 42.3 Å². The van der Waals surface area contributed by atoms with Crippen LogP contribution in [0.1, 0.15) is 10.4 Å². The number of nitrogens with zero attached hydrogens (tertiary/aromatic N) is 3. The molecule has 0 bridgehead atoms. The van der Waals surface area contributed by atoms with Crippen LogP contribution in [0.4, 0.5) is 5.82 Å². The van der Waals surface area contributed by atoms with Crippen LogP contribution >= 0.6 is 11.3 Å². The molecule has 0 radical (unpaired) electrons. The molecule has 0 fully saturated rings. The molecule has 0 spiro atoms. The molecule has 2 aromatic rings. The molecule has 0 saturated heterocycles. The average Bonchev–Trinajstić information content (AvgIpc) is 2.73. The van der Waals surface area contributed by atoms with Gasteiger partial charge in [-0.25, -0.2) is 9.97 Å². The largest absolute Gasteiger partial charge is 0.383 e. The Bertz CT molecular complexity index is 570. The van der Waals surface area contributed by atoms with Crippen molar-refractivity contribution in [2.75, 3.05) is 45.7 Å². The Kier molecular flexibility index (Phi) is 5.28. The van der Waals surface area contributed by atoms with E-state index in [1.165, 1.54) is 10.4 Å². The molecule has 2 aromatic heterocycles. The maximum absolute atomic E-state index is 5.07. The van der Waals surface area contributed by atoms with Crippen molar-refractivity contribution in [2.45, 2.75) is 13.8 Å². The Morgan fingerprint density at radius 2 is 2.10 bits per heavy atom. The molecule has 2 rings (SSSR count). The lowest BCUT2D eigenvalue weighted by molar-refractivity contribution is 0.163. The molecule has 1 N–H and O–H groups in total. The molecule has 0 aromatic carbocycles. The molecule has 0 unspecified atom stereocenters. The highest BCUT2D eigenvalue weighted by Crippen LogP contribution is 2.32. The second kappa shape index (κ2) is 6.97. The number of thiophene rings is 1. The zero-order chi connectivity index (χ0) is 14.5. The number of rotatable bonds is 7. The average molecular weight is 294 g/mol. The molecule has 6 heteroatoms. The van der Waals surface area contributed by atoms with Crippen molar-refractivity contribution in [1.29, 1.82) is 0 Å². The highest BCUT2D eigenvalue weighted by molar-refractivity contribution is 7.18. The number of methoxy groups -OCH3 is 1. The lowest BCUT2D eigenvalue weighted by atomic mass is 10.2. The summed E-state index contributed by atoms with van der Waals surface area (Å²) in [6.45, 7) is 7.78. The van der Waals surface area contributed by atoms with Crippen molar-refractivity contribution >= 4 is 27.4 Å². The summed E-state index contributed by atoms with van der Waals surface area (Å²) in [5, 5.41) is 4.58. The first-order valence-corrected chi connectivity index (χ1v) is 7.57. The Morgan fingerprint density at radius 3 is 2.85 bits per heavy atom. The van der Waals surface area contributed by atoms with Crippen LogP contribution in [-0.2, 0) is 4.74 Å². The summed E-state index contributed by atoms with van der Waals surface area (Å²) in [5.41, 5.74) is 1.28. The van der Waals surface area contributed by atoms with Gasteiger partial charge in [0.25, 0.3) is 0 Å². The predicted octanol–water partition coefficient (Wildman–Crippen LogP) is 2.30. The molecule has 0 atom stereocenters. The van der Waals surface area contributed by atoms with Crippen LogP contribution in [0.25, 0.3) is 10.2 Å². The minimum Gasteiger partial charge on any atom is -0.383 e. The summed E-state index contributed by atoms with van der Waals surface area (Å²) < 4.78 is 5.07. The van der Waals surface area contributed by atoms with Gasteiger partial charge in [-0.3, -0.25) is 0 Å². The van der Waals surface area contributed by atoms with Gasteiger partial charge >= 0.3 is 0 Å². The van der Waals surface area contributed by atoms with Crippen LogP contribution in [0.15, 0.2) is 6.33 Å². The molecule has 0 amide bonds. The van der Waals surface area contributed by atoms with Crippen molar-refractivity contribution in [3.8, 4) is 0 Å². The quantitative estimate of drug-likeness (QED) is 0.849. The van der Waals surface area contributed by atoms with Gasteiger partial charge in [0.05, 0.1) is 12.0 Å². The third kappa shape index (κ3) is 3.45. The summed E-state index contributed by atoms with van der Waals surface area (Å²) in [5.74, 6) is 0.942. The first kappa shape index (κ1) is 15.2. The van der Waals surface area contributed by atoms with Gasteiger partial charge in [-0.05, 0) is 26.5 Å². The second-order valence-corrected chi connectivity index (χ2v) is 6.11. The highest BCUT2D eigenvalue weighted by atomic mass is 32.1. The van der Waals surface area contributed by atoms with Crippen molar-refractivity contribution in [2.24, 2.45) is 0 Å². The lowest BCUT2D eigenvalue weighted by Crippen LogP contribution is -2.28. The Morgan fingerprint density at radius 1 is 1.30 bits per heavy atom. The van der Waals surface area contributed by atoms with Gasteiger partial charge < -0.3 is 15.0 Å². The maximum Gasteiger partial charge on any atom is 0.138 e. The van der Waals surface area contributed by atoms with Gasteiger partial charge in [0.1, 0.15) is 17.0 Å². The van der Waals surface area contributed by atoms with Crippen molar-refractivity contribution in [3.05, 3.63) is 16.8 Å². The van der Waals surface area contributed by atoms with Crippen LogP contribution in [0.5, 0.6) is 0 Å². The molecule has 0 aliphatic rings. The number of aromatic nitrogens is 2. The fourth-order valence-electron chi connectivity index (χ4n) is 2.04. The van der Waals surface area contributed by atoms with Crippen molar-refractivity contribution in [3.63, 3.8) is 0 Å². The lowest BCUT2D eigenvalue weighted by Gasteiger charge is -2.16. The molecule has 110 valence electrons. The number of fused-ring (bicyclic) bond motifs is 1. The summed E-state index contributed by atoms with van der Waals surface area (Å²) in [7, 11) is 3.82. The predicted molar refractivity (Wildman–Crippen MR) is 84.8 cm³/mol. The van der Waals surface area contributed by atoms with E-state index in [2.05, 4.69) is 41.1 Å². The van der Waals surface area contributed by atoms with E-state index in [9.17, 15) is 0 Å². The van der Waals surface area contributed by atoms with Crippen LogP contribution in [-0.4, -0.2) is 55.3 Å². The maximum atomic E-state index is 5.07. The third-order valence-electron chi connectivity index (χ3n) is 3.43. The Hall–Kier alpha value is -1.24. The highest BCUT2D eigenvalue weighted by Gasteiger charge is 2.11. The fourth-order valence-corrected chi connectivity index (χ4v) is 3.04. The Labute approximate surface area is 124 Å². The molecule has 20 heavy (non-hydrogen) atoms. The van der Waals surface area contributed by atoms with E-state index in [0.29, 0.717) is 0 Å². The van der Waals surface area contributed by atoms with Gasteiger partial charge in [0.15, 0.2) is 0 Å². The fraction of sp³-hybridized carbons (Fsp3) is 0.571. The number of ether oxygens (including phenoxy) is 1. The molecule has 5 nitrogen and oxygen atoms in total. The second-order valence-electron chi connectivity index (χ2n) is 4.91. The number of nitrogens with one attached hydrogen (secondary N) is 1. The summed E-state index contributed by atoms with van der Waals surface area (Å²) in [4.78, 5) is 13.3. The van der Waals surface area contributed by atoms with Crippen LogP contribution in [0.3, 0.4) is 0 Å². The van der Waals surface area contributed by atoms with Gasteiger partial charge in [-0.2, -0.15) is 0 Å². The topological polar surface area (TPSA) is 50.3 Å². The van der Waals surface area contributed by atoms with Crippen LogP contribution in [0, 0.1) is 13.8 Å². The molecular formula is C14H22N4OS. The summed E-state index contributed by atoms with van der Waals surface area (Å²) in [6.07, 6.45) is 1.63. The number of anilines is 1. The number of hydrogen-bond donors (Lipinski definition) is 1. The monoisotopic (exact) mass is 294 g/mol. The van der Waals surface area contributed by atoms with Gasteiger partial charge in [-0.15, -0.1) is 11.3 Å². The first-order chi connectivity index (χ1) is 9.63. The standard InChI is InChI=1S/C14H22N4OS/c1-10-11(2)20-14-12(10)13(16-9-17-14)15-5-6-18(3)7-8-19-4/h9H,5-8H2,1-4H3,(H,15,16,17).